The van der Waals surface area contributed by atoms with Gasteiger partial charge in [-0.15, -0.1) is 0 Å². The van der Waals surface area contributed by atoms with Gasteiger partial charge in [-0.2, -0.15) is 0 Å². The van der Waals surface area contributed by atoms with E-state index in [-0.39, 0.29) is 16.2 Å². The first kappa shape index (κ1) is 13.3. The Kier molecular flexibility index (Phi) is 3.04. The Labute approximate surface area is 101 Å². The first-order valence-electron chi connectivity index (χ1n) is 6.19. The van der Waals surface area contributed by atoms with E-state index in [0.717, 1.165) is 5.70 Å². The maximum absolute atomic E-state index is 6.16. The number of rotatable bonds is 0. The first-order valence-corrected chi connectivity index (χ1v) is 6.19. The largest absolute Gasteiger partial charge is 0.402 e. The van der Waals surface area contributed by atoms with Crippen LogP contribution in [0.3, 0.4) is 0 Å². The molecule has 1 nitrogen and oxygen atoms in total. The van der Waals surface area contributed by atoms with Crippen molar-refractivity contribution in [3.63, 3.8) is 0 Å². The minimum atomic E-state index is 0.110. The molecule has 0 saturated carbocycles. The van der Waals surface area contributed by atoms with Crippen LogP contribution in [0.25, 0.3) is 0 Å². The van der Waals surface area contributed by atoms with Crippen molar-refractivity contribution in [1.82, 2.24) is 0 Å². The minimum absolute atomic E-state index is 0.110. The number of allylic oxidation sites excluding steroid dienone is 4. The smallest absolute Gasteiger partial charge is 0.0118 e. The topological polar surface area (TPSA) is 26.0 Å². The summed E-state index contributed by atoms with van der Waals surface area (Å²) in [5, 5.41) is 0. The quantitative estimate of drug-likeness (QED) is 0.654. The standard InChI is InChI=1S/C15H27N/c1-11-12(16)9-8-10-15(11,13(2,3)4)14(5,6)7/h8-11H,16H2,1-7H3. The molecule has 1 heteroatoms. The monoisotopic (exact) mass is 221 g/mol. The van der Waals surface area contributed by atoms with Crippen LogP contribution < -0.4 is 5.73 Å². The Bertz CT molecular complexity index is 306. The van der Waals surface area contributed by atoms with E-state index in [2.05, 4.69) is 60.6 Å². The summed E-state index contributed by atoms with van der Waals surface area (Å²) in [6, 6.07) is 0. The Balaban J connectivity index is 3.40. The van der Waals surface area contributed by atoms with Crippen LogP contribution >= 0.6 is 0 Å². The lowest BCUT2D eigenvalue weighted by Gasteiger charge is -2.56. The third-order valence-corrected chi connectivity index (χ3v) is 4.31. The lowest BCUT2D eigenvalue weighted by Crippen LogP contribution is -2.51. The van der Waals surface area contributed by atoms with E-state index in [1.807, 2.05) is 6.08 Å². The Morgan fingerprint density at radius 2 is 1.50 bits per heavy atom. The van der Waals surface area contributed by atoms with Crippen LogP contribution in [0.5, 0.6) is 0 Å². The Morgan fingerprint density at radius 1 is 1.06 bits per heavy atom. The fraction of sp³-hybridized carbons (Fsp3) is 0.733. The van der Waals surface area contributed by atoms with Gasteiger partial charge in [0.1, 0.15) is 0 Å². The van der Waals surface area contributed by atoms with Gasteiger partial charge >= 0.3 is 0 Å². The maximum Gasteiger partial charge on any atom is 0.0118 e. The van der Waals surface area contributed by atoms with Crippen molar-refractivity contribution in [3.8, 4) is 0 Å². The van der Waals surface area contributed by atoms with Crippen molar-refractivity contribution < 1.29 is 0 Å². The number of hydrogen-bond acceptors (Lipinski definition) is 1. The molecule has 0 saturated heterocycles. The predicted octanol–water partition coefficient (Wildman–Crippen LogP) is 4.11. The van der Waals surface area contributed by atoms with E-state index in [4.69, 9.17) is 5.73 Å². The molecule has 16 heavy (non-hydrogen) atoms. The second-order valence-electron chi connectivity index (χ2n) is 7.12. The highest BCUT2D eigenvalue weighted by atomic mass is 14.7. The maximum atomic E-state index is 6.16. The molecule has 92 valence electrons. The van der Waals surface area contributed by atoms with Gasteiger partial charge in [0.05, 0.1) is 0 Å². The van der Waals surface area contributed by atoms with Crippen LogP contribution in [0.1, 0.15) is 48.5 Å². The molecule has 0 aromatic rings. The third-order valence-electron chi connectivity index (χ3n) is 4.31. The lowest BCUT2D eigenvalue weighted by atomic mass is 9.48. The first-order chi connectivity index (χ1) is 7.04. The van der Waals surface area contributed by atoms with E-state index in [0.29, 0.717) is 5.92 Å². The van der Waals surface area contributed by atoms with Crippen molar-refractivity contribution in [2.24, 2.45) is 27.9 Å². The molecule has 0 spiro atoms. The molecular weight excluding hydrogens is 194 g/mol. The van der Waals surface area contributed by atoms with E-state index in [1.165, 1.54) is 0 Å². The van der Waals surface area contributed by atoms with E-state index in [1.54, 1.807) is 0 Å². The molecule has 1 aliphatic rings. The van der Waals surface area contributed by atoms with Crippen LogP contribution in [0.4, 0.5) is 0 Å². The summed E-state index contributed by atoms with van der Waals surface area (Å²) in [7, 11) is 0. The van der Waals surface area contributed by atoms with Gasteiger partial charge in [-0.1, -0.05) is 60.6 Å². The summed E-state index contributed by atoms with van der Waals surface area (Å²) in [4.78, 5) is 0. The van der Waals surface area contributed by atoms with Gasteiger partial charge in [0.15, 0.2) is 0 Å². The molecule has 1 rings (SSSR count). The summed E-state index contributed by atoms with van der Waals surface area (Å²) in [6.07, 6.45) is 6.54. The zero-order valence-electron chi connectivity index (χ0n) is 11.9. The van der Waals surface area contributed by atoms with Crippen molar-refractivity contribution in [1.29, 1.82) is 0 Å². The van der Waals surface area contributed by atoms with E-state index in [9.17, 15) is 0 Å². The normalized spacial score (nSPS) is 25.4. The molecule has 0 heterocycles. The average Bonchev–Trinajstić information content (AvgIpc) is 2.05. The Morgan fingerprint density at radius 3 is 1.81 bits per heavy atom. The molecule has 0 aliphatic heterocycles. The molecule has 1 atom stereocenters. The molecule has 0 amide bonds. The van der Waals surface area contributed by atoms with Gasteiger partial charge in [0, 0.05) is 17.0 Å². The predicted molar refractivity (Wildman–Crippen MR) is 71.9 cm³/mol. The summed E-state index contributed by atoms with van der Waals surface area (Å²) < 4.78 is 0. The Hall–Kier alpha value is -0.720. The highest BCUT2D eigenvalue weighted by Crippen LogP contribution is 2.59. The van der Waals surface area contributed by atoms with Crippen molar-refractivity contribution in [2.75, 3.05) is 0 Å². The van der Waals surface area contributed by atoms with Crippen LogP contribution in [0.15, 0.2) is 23.9 Å². The summed E-state index contributed by atoms with van der Waals surface area (Å²) >= 11 is 0. The van der Waals surface area contributed by atoms with Gasteiger partial charge in [-0.3, -0.25) is 0 Å². The van der Waals surface area contributed by atoms with Crippen LogP contribution in [0, 0.1) is 22.2 Å². The molecular formula is C15H27N. The second-order valence-corrected chi connectivity index (χ2v) is 7.12. The summed E-state index contributed by atoms with van der Waals surface area (Å²) in [6.45, 7) is 16.2. The van der Waals surface area contributed by atoms with Crippen LogP contribution in [0.2, 0.25) is 0 Å². The molecule has 0 radical (unpaired) electrons. The van der Waals surface area contributed by atoms with Crippen LogP contribution in [-0.2, 0) is 0 Å². The number of nitrogens with two attached hydrogens (primary N) is 1. The minimum Gasteiger partial charge on any atom is -0.402 e. The summed E-state index contributed by atoms with van der Waals surface area (Å²) in [5.74, 6) is 0.387. The fourth-order valence-corrected chi connectivity index (χ4v) is 3.79. The highest BCUT2D eigenvalue weighted by Gasteiger charge is 2.53. The molecule has 0 aromatic carbocycles. The second kappa shape index (κ2) is 3.65. The third kappa shape index (κ3) is 1.70. The van der Waals surface area contributed by atoms with Crippen molar-refractivity contribution in [2.45, 2.75) is 48.5 Å². The van der Waals surface area contributed by atoms with Crippen LogP contribution in [-0.4, -0.2) is 0 Å². The zero-order chi connectivity index (χ0) is 12.8. The molecule has 0 aromatic heterocycles. The lowest BCUT2D eigenvalue weighted by molar-refractivity contribution is -0.0222. The highest BCUT2D eigenvalue weighted by molar-refractivity contribution is 5.29. The van der Waals surface area contributed by atoms with Gasteiger partial charge in [-0.05, 0) is 16.9 Å². The zero-order valence-corrected chi connectivity index (χ0v) is 11.9. The molecule has 1 aliphatic carbocycles. The SMILES string of the molecule is CC1C(N)=CC=CC1(C(C)(C)C)C(C)(C)C. The van der Waals surface area contributed by atoms with E-state index >= 15 is 0 Å². The molecule has 0 bridgehead atoms. The van der Waals surface area contributed by atoms with Gasteiger partial charge in [0.2, 0.25) is 0 Å². The molecule has 0 fully saturated rings. The molecule has 1 unspecified atom stereocenters. The number of hydrogen-bond donors (Lipinski definition) is 1. The fourth-order valence-electron chi connectivity index (χ4n) is 3.79. The van der Waals surface area contributed by atoms with Crippen molar-refractivity contribution >= 4 is 0 Å². The van der Waals surface area contributed by atoms with Gasteiger partial charge in [-0.25, -0.2) is 0 Å². The summed E-state index contributed by atoms with van der Waals surface area (Å²) in [5.41, 5.74) is 7.66. The molecule has 2 N–H and O–H groups in total. The average molecular weight is 221 g/mol. The van der Waals surface area contributed by atoms with Crippen molar-refractivity contribution in [3.05, 3.63) is 23.9 Å². The van der Waals surface area contributed by atoms with Gasteiger partial charge < -0.3 is 5.73 Å². The van der Waals surface area contributed by atoms with Gasteiger partial charge in [0.25, 0.3) is 0 Å². The van der Waals surface area contributed by atoms with E-state index < -0.39 is 0 Å².